The number of nitrogens with one attached hydrogen (secondary N) is 1. The summed E-state index contributed by atoms with van der Waals surface area (Å²) in [6.45, 7) is 3.43. The lowest BCUT2D eigenvalue weighted by Crippen LogP contribution is -2.46. The number of imidazole rings is 1. The first-order valence-electron chi connectivity index (χ1n) is 9.84. The largest absolute Gasteiger partial charge is 0.364 e. The van der Waals surface area contributed by atoms with Crippen LogP contribution in [0, 0.1) is 0 Å². The van der Waals surface area contributed by atoms with Gasteiger partial charge in [-0.1, -0.05) is 22.9 Å². The van der Waals surface area contributed by atoms with Crippen molar-refractivity contribution in [3.05, 3.63) is 63.0 Å². The van der Waals surface area contributed by atoms with Gasteiger partial charge in [-0.15, -0.1) is 11.3 Å². The minimum atomic E-state index is -3.40. The van der Waals surface area contributed by atoms with Crippen molar-refractivity contribution in [1.29, 1.82) is 0 Å². The highest BCUT2D eigenvalue weighted by Gasteiger charge is 2.35. The van der Waals surface area contributed by atoms with Crippen LogP contribution in [0.15, 0.2) is 46.1 Å². The molecule has 160 valence electrons. The van der Waals surface area contributed by atoms with Crippen LogP contribution in [-0.4, -0.2) is 46.0 Å². The van der Waals surface area contributed by atoms with Crippen molar-refractivity contribution in [2.24, 2.45) is 0 Å². The standard InChI is InChI=1S/C20H24BrN5O2S2/c1-2-5-30(27,28)26-9-15-6-16(21)3-4-20(15)25(10-18-8-22-13-23-18)11-19(26)7-17-12-29-14-24-17/h3-4,6,8,12-14,19H,2,5,7,9-11H2,1H3,(H,22,23). The van der Waals surface area contributed by atoms with Crippen LogP contribution < -0.4 is 4.90 Å². The number of H-pyrrole nitrogens is 1. The monoisotopic (exact) mass is 509 g/mol. The third-order valence-corrected chi connectivity index (χ3v) is 8.40. The number of anilines is 1. The number of halogens is 1. The van der Waals surface area contributed by atoms with Crippen LogP contribution >= 0.6 is 27.3 Å². The van der Waals surface area contributed by atoms with E-state index >= 15 is 0 Å². The quantitative estimate of drug-likeness (QED) is 0.523. The number of aromatic nitrogens is 3. The number of hydrogen-bond donors (Lipinski definition) is 1. The summed E-state index contributed by atoms with van der Waals surface area (Å²) in [7, 11) is -3.40. The van der Waals surface area contributed by atoms with Crippen molar-refractivity contribution in [3.63, 3.8) is 0 Å². The highest BCUT2D eigenvalue weighted by atomic mass is 79.9. The van der Waals surface area contributed by atoms with Crippen molar-refractivity contribution < 1.29 is 8.42 Å². The molecule has 0 amide bonds. The Morgan fingerprint density at radius 3 is 2.87 bits per heavy atom. The van der Waals surface area contributed by atoms with Crippen molar-refractivity contribution in [2.75, 3.05) is 17.2 Å². The van der Waals surface area contributed by atoms with Gasteiger partial charge in [-0.05, 0) is 30.2 Å². The second-order valence-corrected chi connectivity index (χ2v) is 11.1. The van der Waals surface area contributed by atoms with Crippen molar-refractivity contribution in [2.45, 2.75) is 38.9 Å². The van der Waals surface area contributed by atoms with Gasteiger partial charge in [0.1, 0.15) is 0 Å². The number of nitrogens with zero attached hydrogens (tertiary/aromatic N) is 4. The number of hydrogen-bond acceptors (Lipinski definition) is 6. The topological polar surface area (TPSA) is 82.2 Å². The van der Waals surface area contributed by atoms with Gasteiger partial charge < -0.3 is 9.88 Å². The molecule has 3 heterocycles. The molecule has 1 aliphatic heterocycles. The van der Waals surface area contributed by atoms with E-state index in [1.165, 1.54) is 11.3 Å². The van der Waals surface area contributed by atoms with E-state index in [2.05, 4.69) is 41.8 Å². The molecular weight excluding hydrogens is 486 g/mol. The second kappa shape index (κ2) is 9.17. The average molecular weight is 510 g/mol. The zero-order valence-electron chi connectivity index (χ0n) is 16.7. The van der Waals surface area contributed by atoms with E-state index in [9.17, 15) is 8.42 Å². The number of aromatic amines is 1. The molecule has 0 radical (unpaired) electrons. The molecule has 0 saturated heterocycles. The normalized spacial score (nSPS) is 17.7. The van der Waals surface area contributed by atoms with Gasteiger partial charge in [0.2, 0.25) is 10.0 Å². The van der Waals surface area contributed by atoms with Crippen molar-refractivity contribution in [1.82, 2.24) is 19.3 Å². The number of fused-ring (bicyclic) bond motifs is 1. The smallest absolute Gasteiger partial charge is 0.214 e. The molecule has 0 aliphatic carbocycles. The van der Waals surface area contributed by atoms with Gasteiger partial charge in [-0.2, -0.15) is 4.31 Å². The van der Waals surface area contributed by atoms with E-state index in [1.54, 1.807) is 16.1 Å². The van der Waals surface area contributed by atoms with E-state index in [0.717, 1.165) is 27.1 Å². The fourth-order valence-corrected chi connectivity index (χ4v) is 6.56. The molecule has 0 spiro atoms. The molecule has 4 rings (SSSR count). The van der Waals surface area contributed by atoms with Gasteiger partial charge in [0.15, 0.2) is 0 Å². The van der Waals surface area contributed by atoms with E-state index in [1.807, 2.05) is 30.6 Å². The molecule has 1 atom stereocenters. The van der Waals surface area contributed by atoms with Crippen LogP contribution in [0.3, 0.4) is 0 Å². The predicted octanol–water partition coefficient (Wildman–Crippen LogP) is 3.80. The Balaban J connectivity index is 1.76. The fourth-order valence-electron chi connectivity index (χ4n) is 3.90. The van der Waals surface area contributed by atoms with Gasteiger partial charge in [0, 0.05) is 47.3 Å². The van der Waals surface area contributed by atoms with Gasteiger partial charge >= 0.3 is 0 Å². The number of sulfonamides is 1. The summed E-state index contributed by atoms with van der Waals surface area (Å²) >= 11 is 5.08. The Morgan fingerprint density at radius 1 is 1.30 bits per heavy atom. The Bertz CT molecular complexity index is 1070. The summed E-state index contributed by atoms with van der Waals surface area (Å²) in [6.07, 6.45) is 4.72. The first-order valence-corrected chi connectivity index (χ1v) is 13.2. The SMILES string of the molecule is CCCS(=O)(=O)N1Cc2cc(Br)ccc2N(Cc2c[nH]cn2)CC1Cc1cscn1. The Hall–Kier alpha value is -1.75. The molecule has 0 bridgehead atoms. The Kier molecular flexibility index (Phi) is 6.57. The lowest BCUT2D eigenvalue weighted by molar-refractivity contribution is 0.316. The second-order valence-electron chi connectivity index (χ2n) is 7.41. The molecule has 30 heavy (non-hydrogen) atoms. The highest BCUT2D eigenvalue weighted by Crippen LogP contribution is 2.33. The first-order chi connectivity index (χ1) is 14.5. The molecular formula is C20H24BrN5O2S2. The van der Waals surface area contributed by atoms with E-state index in [0.29, 0.717) is 32.5 Å². The van der Waals surface area contributed by atoms with E-state index < -0.39 is 10.0 Å². The van der Waals surface area contributed by atoms with Crippen LogP contribution in [0.4, 0.5) is 5.69 Å². The third-order valence-electron chi connectivity index (χ3n) is 5.20. The van der Waals surface area contributed by atoms with Gasteiger partial charge in [-0.25, -0.2) is 18.4 Å². The maximum Gasteiger partial charge on any atom is 0.214 e. The van der Waals surface area contributed by atoms with Gasteiger partial charge in [0.05, 0.1) is 35.5 Å². The van der Waals surface area contributed by atoms with Crippen molar-refractivity contribution >= 4 is 43.0 Å². The summed E-state index contributed by atoms with van der Waals surface area (Å²) in [5.74, 6) is 0.142. The summed E-state index contributed by atoms with van der Waals surface area (Å²) in [4.78, 5) is 14.0. The molecule has 2 aromatic heterocycles. The highest BCUT2D eigenvalue weighted by molar-refractivity contribution is 9.10. The lowest BCUT2D eigenvalue weighted by Gasteiger charge is -2.31. The Labute approximate surface area is 189 Å². The zero-order valence-corrected chi connectivity index (χ0v) is 19.9. The summed E-state index contributed by atoms with van der Waals surface area (Å²) in [6, 6.07) is 5.87. The van der Waals surface area contributed by atoms with Crippen LogP contribution in [-0.2, 0) is 29.5 Å². The zero-order chi connectivity index (χ0) is 21.1. The molecule has 0 fully saturated rings. The van der Waals surface area contributed by atoms with E-state index in [4.69, 9.17) is 0 Å². The third kappa shape index (κ3) is 4.77. The summed E-state index contributed by atoms with van der Waals surface area (Å²) < 4.78 is 29.1. The molecule has 1 aliphatic rings. The molecule has 1 N–H and O–H groups in total. The fraction of sp³-hybridized carbons (Fsp3) is 0.400. The number of thiazole rings is 1. The first kappa shape index (κ1) is 21.5. The minimum absolute atomic E-state index is 0.142. The lowest BCUT2D eigenvalue weighted by atomic mass is 10.1. The van der Waals surface area contributed by atoms with Crippen LogP contribution in [0.5, 0.6) is 0 Å². The maximum absolute atomic E-state index is 13.3. The number of benzene rings is 1. The molecule has 3 aromatic rings. The van der Waals surface area contributed by atoms with Crippen molar-refractivity contribution in [3.8, 4) is 0 Å². The van der Waals surface area contributed by atoms with Gasteiger partial charge in [0.25, 0.3) is 0 Å². The van der Waals surface area contributed by atoms with Crippen LogP contribution in [0.2, 0.25) is 0 Å². The average Bonchev–Trinajstić information content (AvgIpc) is 3.36. The predicted molar refractivity (Wildman–Crippen MR) is 123 cm³/mol. The molecule has 1 aromatic carbocycles. The minimum Gasteiger partial charge on any atom is -0.364 e. The van der Waals surface area contributed by atoms with Crippen LogP contribution in [0.25, 0.3) is 0 Å². The van der Waals surface area contributed by atoms with Crippen LogP contribution in [0.1, 0.15) is 30.3 Å². The number of rotatable bonds is 7. The summed E-state index contributed by atoms with van der Waals surface area (Å²) in [5, 5.41) is 2.00. The van der Waals surface area contributed by atoms with E-state index in [-0.39, 0.29) is 11.8 Å². The van der Waals surface area contributed by atoms with Gasteiger partial charge in [-0.3, -0.25) is 0 Å². The Morgan fingerprint density at radius 2 is 2.17 bits per heavy atom. The molecule has 7 nitrogen and oxygen atoms in total. The molecule has 10 heteroatoms. The molecule has 0 saturated carbocycles. The molecule has 1 unspecified atom stereocenters. The summed E-state index contributed by atoms with van der Waals surface area (Å²) in [5.41, 5.74) is 5.67. The maximum atomic E-state index is 13.3.